The molecular weight excluding hydrogens is 1170 g/mol. The molecule has 0 saturated heterocycles. The highest BCUT2D eigenvalue weighted by molar-refractivity contribution is 6.06. The predicted octanol–water partition coefficient (Wildman–Crippen LogP) is 12.8. The van der Waals surface area contributed by atoms with Crippen LogP contribution in [0.2, 0.25) is 0 Å². The molecule has 5 aliphatic carbocycles. The van der Waals surface area contributed by atoms with Crippen LogP contribution >= 0.6 is 0 Å². The molecule has 5 aromatic carbocycles. The van der Waals surface area contributed by atoms with E-state index in [1.54, 1.807) is 18.2 Å². The highest BCUT2D eigenvalue weighted by atomic mass is 16.5. The Morgan fingerprint density at radius 2 is 1.54 bits per heavy atom. The standard InChI is InChI=1S/C81H94N4O9/c1-47-30-57-33-52(70(47)32-50-12-8-14-63(86)31-50)13-9-17-65-55-28-29-83-78(40-55)85-61-24-21-51-19-20-56(79(91)73(51)41-61)37-64(87)46-82-44-48(2)60-36-62(84-45-60)42-75(89)67(25-18-49-10-4-5-11-49)59-35-58(65)34-53-22-26-69(68-16-7-6-15-66(57)68)71-43-76(90)77(94-3)39-54(71)23-27-74(88)81(93)80(92)72(53)38-59/h6-8,12,14-16,19-21,24,28,31,36,39-41,43,45,47-49,52-53,57-59,64-65,67,69-70,72,75,81-87,89-91,93H,4-5,10-11,17-18,23,25,27,29-30,32-35,37-38,42,44,46H2,1-3H3. The summed E-state index contributed by atoms with van der Waals surface area (Å²) in [4.78, 5) is 34.1. The fraction of sp³-hybridized carbons (Fsp3) is 0.481. The van der Waals surface area contributed by atoms with E-state index in [-0.39, 0.29) is 95.5 Å². The Bertz CT molecular complexity index is 3950. The maximum absolute atomic E-state index is 15.8. The number of aryl methyl sites for hydroxylation is 1. The number of aliphatic hydroxyl groups is 3. The Kier molecular flexibility index (Phi) is 19.8. The molecule has 492 valence electrons. The largest absolute Gasteiger partial charge is 0.508 e. The summed E-state index contributed by atoms with van der Waals surface area (Å²) in [5.41, 5.74) is 9.20. The molecule has 2 aliphatic heterocycles. The molecule has 0 spiro atoms. The van der Waals surface area contributed by atoms with Crippen LogP contribution in [0.15, 0.2) is 127 Å². The number of hydrogen-bond acceptors (Lipinski definition) is 12. The lowest BCUT2D eigenvalue weighted by Crippen LogP contribution is -2.40. The summed E-state index contributed by atoms with van der Waals surface area (Å²) in [6.45, 7) is 5.93. The van der Waals surface area contributed by atoms with E-state index in [9.17, 15) is 35.4 Å². The van der Waals surface area contributed by atoms with Crippen LogP contribution in [0.3, 0.4) is 0 Å². The first-order valence-corrected chi connectivity index (χ1v) is 35.0. The van der Waals surface area contributed by atoms with Gasteiger partial charge in [0.25, 0.3) is 0 Å². The van der Waals surface area contributed by atoms with Crippen molar-refractivity contribution < 1.29 is 45.0 Å². The first-order valence-electron chi connectivity index (χ1n) is 35.0. The van der Waals surface area contributed by atoms with Gasteiger partial charge in [-0.1, -0.05) is 124 Å². The summed E-state index contributed by atoms with van der Waals surface area (Å²) in [7, 11) is 1.51. The van der Waals surface area contributed by atoms with Gasteiger partial charge in [-0.2, -0.15) is 0 Å². The van der Waals surface area contributed by atoms with Crippen LogP contribution in [0.1, 0.15) is 160 Å². The molecular formula is C81H94N4O9. The van der Waals surface area contributed by atoms with Gasteiger partial charge >= 0.3 is 0 Å². The first-order chi connectivity index (χ1) is 45.6. The van der Waals surface area contributed by atoms with Crippen LogP contribution in [0.25, 0.3) is 10.8 Å². The lowest BCUT2D eigenvalue weighted by atomic mass is 9.64. The third kappa shape index (κ3) is 14.3. The van der Waals surface area contributed by atoms with E-state index in [1.807, 2.05) is 48.7 Å². The second kappa shape index (κ2) is 28.7. The first kappa shape index (κ1) is 64.9. The maximum Gasteiger partial charge on any atom is 0.173 e. The van der Waals surface area contributed by atoms with E-state index < -0.39 is 47.6 Å². The number of methoxy groups -OCH3 is 1. The van der Waals surface area contributed by atoms with Gasteiger partial charge < -0.3 is 56.3 Å². The number of phenols is 3. The van der Waals surface area contributed by atoms with E-state index in [0.717, 1.165) is 106 Å². The molecule has 15 unspecified atom stereocenters. The number of nitrogens with one attached hydrogen (secondary N) is 4. The van der Waals surface area contributed by atoms with Crippen LogP contribution in [-0.4, -0.2) is 92.2 Å². The molecule has 10 N–H and O–H groups in total. The molecule has 15 atom stereocenters. The molecule has 0 radical (unpaired) electrons. The van der Waals surface area contributed by atoms with Gasteiger partial charge in [-0.3, -0.25) is 9.59 Å². The number of ketones is 2. The molecule has 13 bridgehead atoms. The zero-order chi connectivity index (χ0) is 65.1. The third-order valence-electron chi connectivity index (χ3n) is 23.0. The number of phenolic OH excluding ortho intramolecular Hbond substituents is 3. The number of carbonyl (C=O) groups excluding carboxylic acids is 2. The van der Waals surface area contributed by atoms with E-state index in [0.29, 0.717) is 68.6 Å². The van der Waals surface area contributed by atoms with Gasteiger partial charge in [0.15, 0.2) is 29.2 Å². The number of benzene rings is 5. The fourth-order valence-electron chi connectivity index (χ4n) is 17.8. The van der Waals surface area contributed by atoms with E-state index >= 15 is 4.79 Å². The number of ether oxygens (including phenoxy) is 1. The van der Waals surface area contributed by atoms with Crippen LogP contribution in [0.5, 0.6) is 23.0 Å². The number of allylic oxidation sites excluding steroid dienone is 2. The zero-order valence-electron chi connectivity index (χ0n) is 54.8. The second-order valence-electron chi connectivity index (χ2n) is 29.0. The Morgan fingerprint density at radius 3 is 2.37 bits per heavy atom. The monoisotopic (exact) mass is 1270 g/mol. The van der Waals surface area contributed by atoms with Gasteiger partial charge in [0.2, 0.25) is 0 Å². The van der Waals surface area contributed by atoms with Gasteiger partial charge in [0.1, 0.15) is 17.3 Å². The number of aliphatic hydroxyl groups excluding tert-OH is 3. The van der Waals surface area contributed by atoms with Gasteiger partial charge in [0.05, 0.1) is 25.2 Å². The molecule has 13 heteroatoms. The van der Waals surface area contributed by atoms with E-state index in [2.05, 4.69) is 107 Å². The SMILES string of the molecule is COc1cc2c(cc1O)C1C#CC3CC4CC(CC3C(=O)C(O)C(=O)CC2)C(CCC2CCCC2)C(O)Cc2cc(c[nH]2)C(C)CNCC(O)Cc2ccc3ccc(cc3c2O)NC2=CC(=CCN2)C4CC#CC2CC(CC(C)C2Cc2cccc(O)c2)c2ccccc21. The fourth-order valence-corrected chi connectivity index (χ4v) is 17.8. The molecule has 1 aromatic heterocycles. The number of dihydropyridines is 1. The lowest BCUT2D eigenvalue weighted by molar-refractivity contribution is -0.142. The number of hydrogen-bond donors (Lipinski definition) is 10. The van der Waals surface area contributed by atoms with Crippen LogP contribution in [0.4, 0.5) is 5.69 Å². The predicted molar refractivity (Wildman–Crippen MR) is 368 cm³/mol. The third-order valence-corrected chi connectivity index (χ3v) is 23.0. The highest BCUT2D eigenvalue weighted by Gasteiger charge is 2.46. The maximum atomic E-state index is 15.8. The normalized spacial score (nSPS) is 30.1. The Morgan fingerprint density at radius 1 is 0.713 bits per heavy atom. The minimum Gasteiger partial charge on any atom is -0.508 e. The quantitative estimate of drug-likeness (QED) is 0.0557. The second-order valence-corrected chi connectivity index (χ2v) is 29.0. The zero-order valence-corrected chi connectivity index (χ0v) is 54.8. The van der Waals surface area contributed by atoms with Crippen molar-refractivity contribution in [1.29, 1.82) is 0 Å². The molecule has 13 rings (SSSR count). The number of aromatic amines is 1. The van der Waals surface area contributed by atoms with Gasteiger partial charge in [-0.05, 0) is 203 Å². The number of Topliss-reactive ketones (excluding diaryl/α,β-unsaturated/α-hetero) is 2. The van der Waals surface area contributed by atoms with Gasteiger partial charge in [0, 0.05) is 86.0 Å². The summed E-state index contributed by atoms with van der Waals surface area (Å²) in [6, 6.07) is 31.7. The highest BCUT2D eigenvalue weighted by Crippen LogP contribution is 2.51. The van der Waals surface area contributed by atoms with Gasteiger partial charge in [-0.15, -0.1) is 5.92 Å². The van der Waals surface area contributed by atoms with Crippen LogP contribution in [0, 0.1) is 82.9 Å². The van der Waals surface area contributed by atoms with Crippen molar-refractivity contribution in [3.8, 4) is 46.7 Å². The Balaban J connectivity index is 1.01. The molecule has 94 heavy (non-hydrogen) atoms. The number of carbonyl (C=O) groups is 2. The van der Waals surface area contributed by atoms with Crippen LogP contribution < -0.4 is 20.7 Å². The van der Waals surface area contributed by atoms with Crippen molar-refractivity contribution in [3.05, 3.63) is 171 Å². The van der Waals surface area contributed by atoms with Crippen molar-refractivity contribution >= 4 is 28.0 Å². The molecule has 3 saturated carbocycles. The van der Waals surface area contributed by atoms with Crippen molar-refractivity contribution in [2.45, 2.75) is 159 Å². The summed E-state index contributed by atoms with van der Waals surface area (Å²) in [5.74, 6) is 14.1. The molecule has 3 fully saturated rings. The topological polar surface area (TPSA) is 217 Å². The number of aromatic nitrogens is 1. The summed E-state index contributed by atoms with van der Waals surface area (Å²) >= 11 is 0. The number of rotatable bonds is 6. The van der Waals surface area contributed by atoms with Crippen molar-refractivity contribution in [2.75, 3.05) is 32.1 Å². The molecule has 0 amide bonds. The Hall–Kier alpha value is -7.78. The lowest BCUT2D eigenvalue weighted by Gasteiger charge is -2.40. The number of anilines is 1. The summed E-state index contributed by atoms with van der Waals surface area (Å²) in [6.07, 6.45) is 14.4. The number of aromatic hydroxyl groups is 3. The van der Waals surface area contributed by atoms with E-state index in [4.69, 9.17) is 4.74 Å². The minimum atomic E-state index is -1.89. The molecule has 7 aliphatic rings. The molecule has 3 heterocycles. The Labute approximate surface area is 554 Å². The number of H-pyrrole nitrogens is 1. The molecule has 6 aromatic rings. The van der Waals surface area contributed by atoms with Gasteiger partial charge in [-0.25, -0.2) is 0 Å². The summed E-state index contributed by atoms with van der Waals surface area (Å²) < 4.78 is 5.74. The smallest absolute Gasteiger partial charge is 0.173 e. The van der Waals surface area contributed by atoms with Crippen molar-refractivity contribution in [2.24, 2.45) is 59.2 Å². The molecule has 13 nitrogen and oxygen atoms in total. The van der Waals surface area contributed by atoms with E-state index in [1.165, 1.54) is 20.0 Å². The number of β-amino-alcohol motifs (C(OH)–C–C–N with tert-alkyl or cyclic N) is 1. The number of fused-ring (bicyclic) bond motifs is 15. The summed E-state index contributed by atoms with van der Waals surface area (Å²) in [5, 5.41) is 83.9. The van der Waals surface area contributed by atoms with Crippen molar-refractivity contribution in [3.63, 3.8) is 0 Å². The van der Waals surface area contributed by atoms with Crippen molar-refractivity contribution in [1.82, 2.24) is 15.6 Å². The average Bonchev–Trinajstić information content (AvgIpc) is 1.18. The minimum absolute atomic E-state index is 0.0394. The average molecular weight is 1270 g/mol. The van der Waals surface area contributed by atoms with Crippen LogP contribution in [-0.2, 0) is 35.3 Å².